The van der Waals surface area contributed by atoms with Crippen molar-refractivity contribution in [3.63, 3.8) is 0 Å². The molecule has 2 nitrogen and oxygen atoms in total. The summed E-state index contributed by atoms with van der Waals surface area (Å²) in [7, 11) is 0. The molecule has 1 aliphatic rings. The van der Waals surface area contributed by atoms with E-state index in [-0.39, 0.29) is 0 Å². The van der Waals surface area contributed by atoms with Crippen LogP contribution in [0.1, 0.15) is 25.0 Å². The van der Waals surface area contributed by atoms with E-state index in [4.69, 9.17) is 4.74 Å². The van der Waals surface area contributed by atoms with E-state index in [9.17, 15) is 0 Å². The second-order valence-corrected chi connectivity index (χ2v) is 6.22. The molecule has 0 heterocycles. The Morgan fingerprint density at radius 3 is 2.29 bits per heavy atom. The summed E-state index contributed by atoms with van der Waals surface area (Å²) >= 11 is 0. The number of nitrogens with one attached hydrogen (secondary N) is 1. The number of para-hydroxylation sites is 2. The third-order valence-electron chi connectivity index (χ3n) is 3.87. The summed E-state index contributed by atoms with van der Waals surface area (Å²) in [6.07, 6.45) is 2.18. The van der Waals surface area contributed by atoms with Crippen molar-refractivity contribution in [3.05, 3.63) is 59.7 Å². The standard InChI is InChI=1S/C19H23NO/c1-14(2)13-21-19-10-6-5-9-18(19)20-17-11-15-7-3-4-8-16(15)12-17/h3-10,14,17,20H,11-13H2,1-2H3. The third kappa shape index (κ3) is 3.38. The molecule has 0 bridgehead atoms. The highest BCUT2D eigenvalue weighted by atomic mass is 16.5. The molecule has 0 fully saturated rings. The van der Waals surface area contributed by atoms with Crippen LogP contribution in [0.2, 0.25) is 0 Å². The highest BCUT2D eigenvalue weighted by Crippen LogP contribution is 2.29. The summed E-state index contributed by atoms with van der Waals surface area (Å²) < 4.78 is 5.92. The number of anilines is 1. The molecule has 110 valence electrons. The molecule has 0 radical (unpaired) electrons. The molecule has 2 heteroatoms. The molecule has 0 aromatic heterocycles. The van der Waals surface area contributed by atoms with Crippen molar-refractivity contribution in [2.24, 2.45) is 5.92 Å². The molecule has 0 saturated carbocycles. The second kappa shape index (κ2) is 6.21. The first-order valence-corrected chi connectivity index (χ1v) is 7.77. The Morgan fingerprint density at radius 1 is 1.00 bits per heavy atom. The van der Waals surface area contributed by atoms with Gasteiger partial charge < -0.3 is 10.1 Å². The van der Waals surface area contributed by atoms with Crippen LogP contribution in [0.4, 0.5) is 5.69 Å². The Morgan fingerprint density at radius 2 is 1.62 bits per heavy atom. The van der Waals surface area contributed by atoms with Gasteiger partial charge in [-0.2, -0.15) is 0 Å². The molecule has 1 aliphatic carbocycles. The normalized spacial score (nSPS) is 14.2. The lowest BCUT2D eigenvalue weighted by molar-refractivity contribution is 0.272. The van der Waals surface area contributed by atoms with Crippen molar-refractivity contribution in [2.75, 3.05) is 11.9 Å². The van der Waals surface area contributed by atoms with Gasteiger partial charge in [-0.05, 0) is 42.0 Å². The fourth-order valence-corrected chi connectivity index (χ4v) is 2.85. The van der Waals surface area contributed by atoms with Gasteiger partial charge in [-0.3, -0.25) is 0 Å². The molecular formula is C19H23NO. The average molecular weight is 281 g/mol. The lowest BCUT2D eigenvalue weighted by atomic mass is 10.1. The SMILES string of the molecule is CC(C)COc1ccccc1NC1Cc2ccccc2C1. The number of fused-ring (bicyclic) bond motifs is 1. The number of hydrogen-bond acceptors (Lipinski definition) is 2. The summed E-state index contributed by atoms with van der Waals surface area (Å²) in [5.74, 6) is 1.50. The molecule has 3 rings (SSSR count). The Bertz CT molecular complexity index is 581. The Hall–Kier alpha value is -1.96. The lowest BCUT2D eigenvalue weighted by Gasteiger charge is -2.18. The van der Waals surface area contributed by atoms with Crippen molar-refractivity contribution in [3.8, 4) is 5.75 Å². The summed E-state index contributed by atoms with van der Waals surface area (Å²) in [6.45, 7) is 5.09. The van der Waals surface area contributed by atoms with Crippen LogP contribution >= 0.6 is 0 Å². The predicted octanol–water partition coefficient (Wildman–Crippen LogP) is 4.30. The number of hydrogen-bond donors (Lipinski definition) is 1. The van der Waals surface area contributed by atoms with Crippen molar-refractivity contribution in [2.45, 2.75) is 32.7 Å². The zero-order chi connectivity index (χ0) is 14.7. The van der Waals surface area contributed by atoms with Crippen LogP contribution in [0.25, 0.3) is 0 Å². The monoisotopic (exact) mass is 281 g/mol. The van der Waals surface area contributed by atoms with Crippen LogP contribution in [0, 0.1) is 5.92 Å². The van der Waals surface area contributed by atoms with Gasteiger partial charge >= 0.3 is 0 Å². The summed E-state index contributed by atoms with van der Waals surface area (Å²) in [5.41, 5.74) is 4.04. The van der Waals surface area contributed by atoms with Crippen molar-refractivity contribution < 1.29 is 4.74 Å². The quantitative estimate of drug-likeness (QED) is 0.882. The first-order chi connectivity index (χ1) is 10.2. The highest BCUT2D eigenvalue weighted by Gasteiger charge is 2.21. The molecule has 0 aliphatic heterocycles. The van der Waals surface area contributed by atoms with Gasteiger partial charge in [-0.25, -0.2) is 0 Å². The van der Waals surface area contributed by atoms with Crippen LogP contribution in [-0.4, -0.2) is 12.6 Å². The van der Waals surface area contributed by atoms with E-state index in [1.807, 2.05) is 12.1 Å². The van der Waals surface area contributed by atoms with Crippen LogP contribution in [0.5, 0.6) is 5.75 Å². The topological polar surface area (TPSA) is 21.3 Å². The number of benzene rings is 2. The molecule has 0 spiro atoms. The fourth-order valence-electron chi connectivity index (χ4n) is 2.85. The third-order valence-corrected chi connectivity index (χ3v) is 3.87. The zero-order valence-electron chi connectivity index (χ0n) is 12.8. The largest absolute Gasteiger partial charge is 0.491 e. The number of ether oxygens (including phenoxy) is 1. The van der Waals surface area contributed by atoms with E-state index in [0.29, 0.717) is 12.0 Å². The summed E-state index contributed by atoms with van der Waals surface area (Å²) in [5, 5.41) is 3.66. The van der Waals surface area contributed by atoms with E-state index in [2.05, 4.69) is 55.6 Å². The summed E-state index contributed by atoms with van der Waals surface area (Å²) in [4.78, 5) is 0. The smallest absolute Gasteiger partial charge is 0.142 e. The Labute approximate surface area is 127 Å². The van der Waals surface area contributed by atoms with Crippen LogP contribution in [0.3, 0.4) is 0 Å². The van der Waals surface area contributed by atoms with Crippen molar-refractivity contribution in [1.29, 1.82) is 0 Å². The highest BCUT2D eigenvalue weighted by molar-refractivity contribution is 5.57. The van der Waals surface area contributed by atoms with Gasteiger partial charge in [0.05, 0.1) is 12.3 Å². The minimum atomic E-state index is 0.464. The van der Waals surface area contributed by atoms with E-state index < -0.39 is 0 Å². The van der Waals surface area contributed by atoms with Gasteiger partial charge in [0.15, 0.2) is 0 Å². The van der Waals surface area contributed by atoms with Crippen molar-refractivity contribution >= 4 is 5.69 Å². The van der Waals surface area contributed by atoms with Gasteiger partial charge in [0.25, 0.3) is 0 Å². The predicted molar refractivity (Wildman–Crippen MR) is 88.0 cm³/mol. The first-order valence-electron chi connectivity index (χ1n) is 7.77. The van der Waals surface area contributed by atoms with E-state index >= 15 is 0 Å². The fraction of sp³-hybridized carbons (Fsp3) is 0.368. The maximum atomic E-state index is 5.92. The molecule has 2 aromatic carbocycles. The minimum Gasteiger partial charge on any atom is -0.491 e. The van der Waals surface area contributed by atoms with Gasteiger partial charge in [-0.15, -0.1) is 0 Å². The molecule has 2 aromatic rings. The molecule has 1 N–H and O–H groups in total. The average Bonchev–Trinajstić information content (AvgIpc) is 2.88. The van der Waals surface area contributed by atoms with E-state index in [1.165, 1.54) is 11.1 Å². The lowest BCUT2D eigenvalue weighted by Crippen LogP contribution is -2.20. The van der Waals surface area contributed by atoms with Gasteiger partial charge in [0.1, 0.15) is 5.75 Å². The Kier molecular flexibility index (Phi) is 4.14. The number of rotatable bonds is 5. The van der Waals surface area contributed by atoms with E-state index in [1.54, 1.807) is 0 Å². The second-order valence-electron chi connectivity index (χ2n) is 6.22. The van der Waals surface area contributed by atoms with Crippen LogP contribution in [0.15, 0.2) is 48.5 Å². The van der Waals surface area contributed by atoms with Crippen LogP contribution < -0.4 is 10.1 Å². The van der Waals surface area contributed by atoms with Gasteiger partial charge in [0, 0.05) is 6.04 Å². The van der Waals surface area contributed by atoms with Gasteiger partial charge in [-0.1, -0.05) is 50.2 Å². The summed E-state index contributed by atoms with van der Waals surface area (Å²) in [6, 6.07) is 17.4. The first kappa shape index (κ1) is 14.0. The Balaban J connectivity index is 1.69. The minimum absolute atomic E-state index is 0.464. The molecule has 0 unspecified atom stereocenters. The van der Waals surface area contributed by atoms with Gasteiger partial charge in [0.2, 0.25) is 0 Å². The molecule has 0 atom stereocenters. The zero-order valence-corrected chi connectivity index (χ0v) is 12.8. The molecule has 21 heavy (non-hydrogen) atoms. The van der Waals surface area contributed by atoms with E-state index in [0.717, 1.165) is 30.9 Å². The van der Waals surface area contributed by atoms with Crippen LogP contribution in [-0.2, 0) is 12.8 Å². The maximum Gasteiger partial charge on any atom is 0.142 e. The molecular weight excluding hydrogens is 258 g/mol. The maximum absolute atomic E-state index is 5.92. The van der Waals surface area contributed by atoms with Crippen molar-refractivity contribution in [1.82, 2.24) is 0 Å². The molecule has 0 saturated heterocycles. The molecule has 0 amide bonds.